The maximum atomic E-state index is 12.9. The summed E-state index contributed by atoms with van der Waals surface area (Å²) >= 11 is 6.02. The van der Waals surface area contributed by atoms with Gasteiger partial charge in [0.15, 0.2) is 0 Å². The van der Waals surface area contributed by atoms with E-state index < -0.39 is 10.0 Å². The van der Waals surface area contributed by atoms with Crippen LogP contribution in [0.3, 0.4) is 0 Å². The number of halogens is 2. The first-order valence-electron chi connectivity index (χ1n) is 8.58. The molecular formula is C21H19ClFNO3S. The van der Waals surface area contributed by atoms with E-state index in [0.29, 0.717) is 22.9 Å². The minimum absolute atomic E-state index is 0.172. The average molecular weight is 420 g/mol. The van der Waals surface area contributed by atoms with Gasteiger partial charge in [-0.25, -0.2) is 17.5 Å². The first-order valence-corrected chi connectivity index (χ1v) is 10.6. The van der Waals surface area contributed by atoms with Crippen molar-refractivity contribution in [3.63, 3.8) is 0 Å². The fraction of sp³-hybridized carbons (Fsp3) is 0.143. The quantitative estimate of drug-likeness (QED) is 0.576. The van der Waals surface area contributed by atoms with Crippen LogP contribution in [0, 0.1) is 5.82 Å². The Morgan fingerprint density at radius 2 is 1.54 bits per heavy atom. The van der Waals surface area contributed by atoms with Gasteiger partial charge in [-0.3, -0.25) is 0 Å². The number of ether oxygens (including phenoxy) is 1. The summed E-state index contributed by atoms with van der Waals surface area (Å²) < 4.78 is 45.6. The number of benzene rings is 3. The third-order valence-corrected chi connectivity index (χ3v) is 5.69. The molecule has 3 rings (SSSR count). The molecule has 0 bridgehead atoms. The van der Waals surface area contributed by atoms with Crippen molar-refractivity contribution in [1.82, 2.24) is 4.72 Å². The maximum Gasteiger partial charge on any atom is 0.216 e. The highest BCUT2D eigenvalue weighted by atomic mass is 35.5. The molecule has 4 nitrogen and oxygen atoms in total. The molecule has 146 valence electrons. The molecule has 0 amide bonds. The van der Waals surface area contributed by atoms with Crippen molar-refractivity contribution in [3.8, 4) is 5.75 Å². The Balaban J connectivity index is 1.52. The van der Waals surface area contributed by atoms with Gasteiger partial charge in [0.05, 0.1) is 5.75 Å². The molecule has 0 atom stereocenters. The van der Waals surface area contributed by atoms with Gasteiger partial charge in [-0.15, -0.1) is 0 Å². The lowest BCUT2D eigenvalue weighted by atomic mass is 10.2. The van der Waals surface area contributed by atoms with E-state index in [4.69, 9.17) is 16.3 Å². The van der Waals surface area contributed by atoms with Crippen molar-refractivity contribution in [1.29, 1.82) is 0 Å². The minimum Gasteiger partial charge on any atom is -0.489 e. The lowest BCUT2D eigenvalue weighted by Crippen LogP contribution is -2.24. The highest BCUT2D eigenvalue weighted by Gasteiger charge is 2.13. The molecule has 0 radical (unpaired) electrons. The van der Waals surface area contributed by atoms with Crippen molar-refractivity contribution < 1.29 is 17.5 Å². The molecular weight excluding hydrogens is 401 g/mol. The summed E-state index contributed by atoms with van der Waals surface area (Å²) in [5.41, 5.74) is 2.22. The van der Waals surface area contributed by atoms with Gasteiger partial charge in [0.1, 0.15) is 18.2 Å². The smallest absolute Gasteiger partial charge is 0.216 e. The molecule has 3 aromatic carbocycles. The first kappa shape index (κ1) is 20.3. The van der Waals surface area contributed by atoms with E-state index in [9.17, 15) is 12.8 Å². The van der Waals surface area contributed by atoms with Crippen LogP contribution in [0.1, 0.15) is 16.7 Å². The molecule has 0 aromatic heterocycles. The maximum absolute atomic E-state index is 12.9. The van der Waals surface area contributed by atoms with Crippen LogP contribution in [0.5, 0.6) is 5.75 Å². The van der Waals surface area contributed by atoms with Crippen LogP contribution < -0.4 is 9.46 Å². The van der Waals surface area contributed by atoms with E-state index in [1.807, 2.05) is 0 Å². The zero-order valence-electron chi connectivity index (χ0n) is 14.9. The third kappa shape index (κ3) is 6.05. The molecule has 7 heteroatoms. The van der Waals surface area contributed by atoms with Gasteiger partial charge in [0.2, 0.25) is 10.0 Å². The Morgan fingerprint density at radius 1 is 0.893 bits per heavy atom. The van der Waals surface area contributed by atoms with Crippen LogP contribution >= 0.6 is 11.6 Å². The molecule has 0 heterocycles. The Kier molecular flexibility index (Phi) is 6.67. The lowest BCUT2D eigenvalue weighted by molar-refractivity contribution is 0.306. The molecule has 0 spiro atoms. The van der Waals surface area contributed by atoms with E-state index in [1.54, 1.807) is 60.7 Å². The van der Waals surface area contributed by atoms with Gasteiger partial charge in [0, 0.05) is 11.6 Å². The standard InChI is InChI=1S/C21H19ClFNO3S/c22-21-4-2-1-3-18(21)15-28(25,26)24-13-16-7-11-20(12-8-16)27-14-17-5-9-19(23)10-6-17/h1-12,24H,13-15H2. The van der Waals surface area contributed by atoms with E-state index in [1.165, 1.54) is 12.1 Å². The minimum atomic E-state index is -3.51. The molecule has 28 heavy (non-hydrogen) atoms. The van der Waals surface area contributed by atoms with Crippen molar-refractivity contribution in [2.75, 3.05) is 0 Å². The number of hydrogen-bond donors (Lipinski definition) is 1. The molecule has 0 unspecified atom stereocenters. The van der Waals surface area contributed by atoms with E-state index >= 15 is 0 Å². The second-order valence-electron chi connectivity index (χ2n) is 6.23. The largest absolute Gasteiger partial charge is 0.489 e. The van der Waals surface area contributed by atoms with Crippen molar-refractivity contribution >= 4 is 21.6 Å². The summed E-state index contributed by atoms with van der Waals surface area (Å²) in [7, 11) is -3.51. The first-order chi connectivity index (χ1) is 13.4. The van der Waals surface area contributed by atoms with Crippen molar-refractivity contribution in [2.45, 2.75) is 18.9 Å². The number of sulfonamides is 1. The third-order valence-electron chi connectivity index (χ3n) is 4.04. The molecule has 0 saturated heterocycles. The average Bonchev–Trinajstić information content (AvgIpc) is 2.68. The van der Waals surface area contributed by atoms with Gasteiger partial charge < -0.3 is 4.74 Å². The van der Waals surface area contributed by atoms with Crippen molar-refractivity contribution in [2.24, 2.45) is 0 Å². The second-order valence-corrected chi connectivity index (χ2v) is 8.44. The fourth-order valence-corrected chi connectivity index (χ4v) is 3.95. The van der Waals surface area contributed by atoms with Crippen molar-refractivity contribution in [3.05, 3.63) is 100 Å². The molecule has 3 aromatic rings. The predicted octanol–water partition coefficient (Wildman–Crippen LogP) is 4.68. The highest BCUT2D eigenvalue weighted by Crippen LogP contribution is 2.18. The number of rotatable bonds is 8. The second kappa shape index (κ2) is 9.19. The highest BCUT2D eigenvalue weighted by molar-refractivity contribution is 7.88. The Labute approximate surface area is 169 Å². The zero-order valence-corrected chi connectivity index (χ0v) is 16.5. The summed E-state index contributed by atoms with van der Waals surface area (Å²) in [6.07, 6.45) is 0. The number of nitrogens with one attached hydrogen (secondary N) is 1. The van der Waals surface area contributed by atoms with Crippen LogP contribution in [0.15, 0.2) is 72.8 Å². The molecule has 0 fully saturated rings. The van der Waals surface area contributed by atoms with Crippen LogP contribution in [-0.2, 0) is 28.9 Å². The molecule has 1 N–H and O–H groups in total. The van der Waals surface area contributed by atoms with Gasteiger partial charge in [0.25, 0.3) is 0 Å². The summed E-state index contributed by atoms with van der Waals surface area (Å²) in [5.74, 6) is 0.183. The van der Waals surface area contributed by atoms with Crippen LogP contribution in [0.25, 0.3) is 0 Å². The molecule has 0 saturated carbocycles. The van der Waals surface area contributed by atoms with Gasteiger partial charge in [-0.05, 0) is 47.0 Å². The zero-order chi connectivity index (χ0) is 20.0. The fourth-order valence-electron chi connectivity index (χ4n) is 2.52. The predicted molar refractivity (Wildman–Crippen MR) is 108 cm³/mol. The normalized spacial score (nSPS) is 11.4. The molecule has 0 aliphatic rings. The van der Waals surface area contributed by atoms with E-state index in [0.717, 1.165) is 11.1 Å². The Hall–Kier alpha value is -2.41. The molecule has 0 aliphatic heterocycles. The van der Waals surface area contributed by atoms with Crippen LogP contribution in [0.4, 0.5) is 4.39 Å². The van der Waals surface area contributed by atoms with E-state index in [-0.39, 0.29) is 18.1 Å². The van der Waals surface area contributed by atoms with Crippen LogP contribution in [0.2, 0.25) is 5.02 Å². The van der Waals surface area contributed by atoms with Gasteiger partial charge in [-0.1, -0.05) is 54.1 Å². The Morgan fingerprint density at radius 3 is 2.21 bits per heavy atom. The SMILES string of the molecule is O=S(=O)(Cc1ccccc1Cl)NCc1ccc(OCc2ccc(F)cc2)cc1. The monoisotopic (exact) mass is 419 g/mol. The van der Waals surface area contributed by atoms with Gasteiger partial charge >= 0.3 is 0 Å². The Bertz CT molecular complexity index is 1020. The van der Waals surface area contributed by atoms with E-state index in [2.05, 4.69) is 4.72 Å². The summed E-state index contributed by atoms with van der Waals surface area (Å²) in [6.45, 7) is 0.495. The summed E-state index contributed by atoms with van der Waals surface area (Å²) in [4.78, 5) is 0. The number of hydrogen-bond acceptors (Lipinski definition) is 3. The lowest BCUT2D eigenvalue weighted by Gasteiger charge is -2.10. The van der Waals surface area contributed by atoms with Crippen LogP contribution in [-0.4, -0.2) is 8.42 Å². The summed E-state index contributed by atoms with van der Waals surface area (Å²) in [6, 6.07) is 20.1. The topological polar surface area (TPSA) is 55.4 Å². The summed E-state index contributed by atoms with van der Waals surface area (Å²) in [5, 5.41) is 0.426. The van der Waals surface area contributed by atoms with Gasteiger partial charge in [-0.2, -0.15) is 0 Å². The molecule has 0 aliphatic carbocycles.